The summed E-state index contributed by atoms with van der Waals surface area (Å²) in [5.41, 5.74) is 3.35. The van der Waals surface area contributed by atoms with Crippen molar-refractivity contribution in [1.29, 1.82) is 0 Å². The molecule has 0 spiro atoms. The van der Waals surface area contributed by atoms with Gasteiger partial charge in [0, 0.05) is 11.1 Å². The molecule has 5 heteroatoms. The number of imidazole rings is 1. The molecule has 0 fully saturated rings. The standard InChI is InChI=1S/C16H18ClN3S/c1-4-12-9-18-16(21-12)11(3)20-14-7-10(2)5-6-13(14)19-15(20)8-17/h5-7,9,11H,4,8H2,1-3H3. The molecular formula is C16H18ClN3S. The summed E-state index contributed by atoms with van der Waals surface area (Å²) in [5.74, 6) is 1.31. The number of alkyl halides is 1. The molecule has 2 aromatic heterocycles. The van der Waals surface area contributed by atoms with Crippen LogP contribution in [0.5, 0.6) is 0 Å². The first-order valence-corrected chi connectivity index (χ1v) is 8.47. The minimum Gasteiger partial charge on any atom is -0.317 e. The van der Waals surface area contributed by atoms with Crippen molar-refractivity contribution < 1.29 is 0 Å². The number of hydrogen-bond acceptors (Lipinski definition) is 3. The van der Waals surface area contributed by atoms with Crippen LogP contribution >= 0.6 is 22.9 Å². The lowest BCUT2D eigenvalue weighted by atomic mass is 10.2. The quantitative estimate of drug-likeness (QED) is 0.652. The predicted octanol–water partition coefficient (Wildman–Crippen LogP) is 4.71. The maximum Gasteiger partial charge on any atom is 0.125 e. The first-order valence-electron chi connectivity index (χ1n) is 7.12. The Morgan fingerprint density at radius 2 is 2.19 bits per heavy atom. The van der Waals surface area contributed by atoms with Gasteiger partial charge in [0.15, 0.2) is 0 Å². The zero-order chi connectivity index (χ0) is 15.0. The molecule has 3 nitrogen and oxygen atoms in total. The summed E-state index contributed by atoms with van der Waals surface area (Å²) in [5, 5.41) is 1.11. The first kappa shape index (κ1) is 14.5. The monoisotopic (exact) mass is 319 g/mol. The second-order valence-electron chi connectivity index (χ2n) is 5.22. The Kier molecular flexibility index (Phi) is 4.00. The van der Waals surface area contributed by atoms with Gasteiger partial charge in [-0.05, 0) is 38.0 Å². The van der Waals surface area contributed by atoms with E-state index in [0.29, 0.717) is 5.88 Å². The lowest BCUT2D eigenvalue weighted by molar-refractivity contribution is 0.629. The van der Waals surface area contributed by atoms with E-state index in [0.717, 1.165) is 28.3 Å². The highest BCUT2D eigenvalue weighted by molar-refractivity contribution is 7.11. The first-order chi connectivity index (χ1) is 10.1. The fraction of sp³-hybridized carbons (Fsp3) is 0.375. The summed E-state index contributed by atoms with van der Waals surface area (Å²) in [6.07, 6.45) is 3.00. The Labute approximate surface area is 133 Å². The lowest BCUT2D eigenvalue weighted by Gasteiger charge is -2.14. The summed E-state index contributed by atoms with van der Waals surface area (Å²) in [4.78, 5) is 10.5. The van der Waals surface area contributed by atoms with Crippen molar-refractivity contribution in [2.45, 2.75) is 39.1 Å². The van der Waals surface area contributed by atoms with Crippen LogP contribution in [-0.4, -0.2) is 14.5 Å². The molecule has 1 unspecified atom stereocenters. The molecule has 0 aliphatic heterocycles. The number of thiazole rings is 1. The van der Waals surface area contributed by atoms with Crippen molar-refractivity contribution in [1.82, 2.24) is 14.5 Å². The fourth-order valence-electron chi connectivity index (χ4n) is 2.57. The molecule has 0 saturated carbocycles. The molecule has 110 valence electrons. The highest BCUT2D eigenvalue weighted by Gasteiger charge is 2.19. The van der Waals surface area contributed by atoms with Crippen molar-refractivity contribution in [2.75, 3.05) is 0 Å². The van der Waals surface area contributed by atoms with E-state index in [4.69, 9.17) is 11.6 Å². The van der Waals surface area contributed by atoms with E-state index < -0.39 is 0 Å². The molecule has 0 aliphatic rings. The van der Waals surface area contributed by atoms with Crippen LogP contribution in [0.25, 0.3) is 11.0 Å². The highest BCUT2D eigenvalue weighted by Crippen LogP contribution is 2.29. The SMILES string of the molecule is CCc1cnc(C(C)n2c(CCl)nc3ccc(C)cc32)s1. The van der Waals surface area contributed by atoms with Gasteiger partial charge in [-0.3, -0.25) is 0 Å². The van der Waals surface area contributed by atoms with Crippen LogP contribution in [-0.2, 0) is 12.3 Å². The second kappa shape index (κ2) is 5.78. The van der Waals surface area contributed by atoms with Gasteiger partial charge in [0.25, 0.3) is 0 Å². The maximum atomic E-state index is 6.11. The zero-order valence-electron chi connectivity index (χ0n) is 12.4. The molecule has 3 aromatic rings. The topological polar surface area (TPSA) is 30.7 Å². The molecule has 0 bridgehead atoms. The van der Waals surface area contributed by atoms with E-state index in [9.17, 15) is 0 Å². The van der Waals surface area contributed by atoms with Crippen LogP contribution < -0.4 is 0 Å². The Hall–Kier alpha value is -1.39. The van der Waals surface area contributed by atoms with E-state index in [1.54, 1.807) is 11.3 Å². The van der Waals surface area contributed by atoms with Crippen LogP contribution in [0.15, 0.2) is 24.4 Å². The molecule has 0 saturated heterocycles. The average molecular weight is 320 g/mol. The molecule has 3 rings (SSSR count). The van der Waals surface area contributed by atoms with Gasteiger partial charge < -0.3 is 4.57 Å². The smallest absolute Gasteiger partial charge is 0.125 e. The van der Waals surface area contributed by atoms with E-state index in [-0.39, 0.29) is 6.04 Å². The Morgan fingerprint density at radius 1 is 1.38 bits per heavy atom. The van der Waals surface area contributed by atoms with E-state index in [1.807, 2.05) is 6.20 Å². The minimum absolute atomic E-state index is 0.149. The number of aryl methyl sites for hydroxylation is 2. The van der Waals surface area contributed by atoms with Crippen molar-refractivity contribution in [2.24, 2.45) is 0 Å². The molecule has 0 amide bonds. The van der Waals surface area contributed by atoms with Gasteiger partial charge in [0.1, 0.15) is 10.8 Å². The number of aromatic nitrogens is 3. The van der Waals surface area contributed by atoms with Gasteiger partial charge in [-0.1, -0.05) is 13.0 Å². The van der Waals surface area contributed by atoms with Crippen molar-refractivity contribution >= 4 is 34.0 Å². The number of hydrogen-bond donors (Lipinski definition) is 0. The molecular weight excluding hydrogens is 302 g/mol. The van der Waals surface area contributed by atoms with E-state index in [1.165, 1.54) is 10.4 Å². The van der Waals surface area contributed by atoms with E-state index in [2.05, 4.69) is 53.5 Å². The largest absolute Gasteiger partial charge is 0.317 e. The van der Waals surface area contributed by atoms with Crippen LogP contribution in [0, 0.1) is 6.92 Å². The van der Waals surface area contributed by atoms with Gasteiger partial charge in [-0.15, -0.1) is 22.9 Å². The van der Waals surface area contributed by atoms with Crippen LogP contribution in [0.3, 0.4) is 0 Å². The van der Waals surface area contributed by atoms with Crippen molar-refractivity contribution in [3.63, 3.8) is 0 Å². The normalized spacial score (nSPS) is 13.0. The lowest BCUT2D eigenvalue weighted by Crippen LogP contribution is -2.09. The molecule has 1 atom stereocenters. The Bertz CT molecular complexity index is 775. The Morgan fingerprint density at radius 3 is 2.86 bits per heavy atom. The van der Waals surface area contributed by atoms with Crippen LogP contribution in [0.2, 0.25) is 0 Å². The molecule has 21 heavy (non-hydrogen) atoms. The van der Waals surface area contributed by atoms with Crippen LogP contribution in [0.1, 0.15) is 41.2 Å². The van der Waals surface area contributed by atoms with Gasteiger partial charge >= 0.3 is 0 Å². The molecule has 2 heterocycles. The third kappa shape index (κ3) is 2.58. The third-order valence-corrected chi connectivity index (χ3v) is 5.25. The number of nitrogens with zero attached hydrogens (tertiary/aromatic N) is 3. The fourth-order valence-corrected chi connectivity index (χ4v) is 3.66. The van der Waals surface area contributed by atoms with E-state index >= 15 is 0 Å². The third-order valence-electron chi connectivity index (χ3n) is 3.70. The number of benzene rings is 1. The van der Waals surface area contributed by atoms with Crippen LogP contribution in [0.4, 0.5) is 0 Å². The van der Waals surface area contributed by atoms with Gasteiger partial charge in [0.2, 0.25) is 0 Å². The van der Waals surface area contributed by atoms with Gasteiger partial charge in [-0.25, -0.2) is 9.97 Å². The summed E-state index contributed by atoms with van der Waals surface area (Å²) < 4.78 is 2.22. The number of fused-ring (bicyclic) bond motifs is 1. The average Bonchev–Trinajstić information content (AvgIpc) is 3.10. The zero-order valence-corrected chi connectivity index (χ0v) is 14.0. The van der Waals surface area contributed by atoms with Crippen molar-refractivity contribution in [3.05, 3.63) is 45.7 Å². The summed E-state index contributed by atoms with van der Waals surface area (Å²) in [6.45, 7) is 6.42. The second-order valence-corrected chi connectivity index (χ2v) is 6.63. The summed E-state index contributed by atoms with van der Waals surface area (Å²) in [7, 11) is 0. The van der Waals surface area contributed by atoms with Gasteiger partial charge in [-0.2, -0.15) is 0 Å². The Balaban J connectivity index is 2.15. The predicted molar refractivity (Wildman–Crippen MR) is 89.3 cm³/mol. The summed E-state index contributed by atoms with van der Waals surface area (Å²) in [6, 6.07) is 6.46. The van der Waals surface area contributed by atoms with Gasteiger partial charge in [0.05, 0.1) is 23.0 Å². The molecule has 0 N–H and O–H groups in total. The minimum atomic E-state index is 0.149. The number of rotatable bonds is 4. The summed E-state index contributed by atoms with van der Waals surface area (Å²) >= 11 is 7.88. The molecule has 0 aliphatic carbocycles. The maximum absolute atomic E-state index is 6.11. The highest BCUT2D eigenvalue weighted by atomic mass is 35.5. The van der Waals surface area contributed by atoms with Crippen molar-refractivity contribution in [3.8, 4) is 0 Å². The molecule has 0 radical (unpaired) electrons. The molecule has 1 aromatic carbocycles. The number of halogens is 1.